The Morgan fingerprint density at radius 3 is 2.52 bits per heavy atom. The van der Waals surface area contributed by atoms with Crippen LogP contribution in [0, 0.1) is 0 Å². The summed E-state index contributed by atoms with van der Waals surface area (Å²) in [6.07, 6.45) is 3.65. The zero-order valence-electron chi connectivity index (χ0n) is 15.5. The number of aromatic nitrogens is 3. The van der Waals surface area contributed by atoms with Crippen molar-refractivity contribution < 1.29 is 0 Å². The summed E-state index contributed by atoms with van der Waals surface area (Å²) in [6.45, 7) is 4.61. The average molecular weight is 360 g/mol. The molecule has 2 aromatic heterocycles. The average Bonchev–Trinajstić information content (AvgIpc) is 2.74. The summed E-state index contributed by atoms with van der Waals surface area (Å²) in [5, 5.41) is 3.43. The molecule has 1 N–H and O–H groups in total. The second-order valence-corrected chi connectivity index (χ2v) is 6.81. The molecule has 0 bridgehead atoms. The van der Waals surface area contributed by atoms with Crippen LogP contribution in [0.1, 0.15) is 5.56 Å². The number of benzene rings is 1. The quantitative estimate of drug-likeness (QED) is 0.755. The first-order chi connectivity index (χ1) is 13.3. The zero-order valence-corrected chi connectivity index (χ0v) is 15.5. The lowest BCUT2D eigenvalue weighted by atomic mass is 10.1. The van der Waals surface area contributed by atoms with Gasteiger partial charge in [-0.1, -0.05) is 36.4 Å². The lowest BCUT2D eigenvalue weighted by Crippen LogP contribution is -2.45. The highest BCUT2D eigenvalue weighted by Gasteiger charge is 2.18. The van der Waals surface area contributed by atoms with Gasteiger partial charge in [-0.05, 0) is 18.7 Å². The van der Waals surface area contributed by atoms with Crippen LogP contribution < -0.4 is 10.2 Å². The number of likely N-dealkylation sites (N-methyl/N-ethyl adjacent to an activating group) is 1. The molecule has 1 aromatic carbocycles. The first-order valence-electron chi connectivity index (χ1n) is 9.29. The highest BCUT2D eigenvalue weighted by molar-refractivity contribution is 5.64. The van der Waals surface area contributed by atoms with Crippen LogP contribution in [-0.4, -0.2) is 53.1 Å². The molecule has 0 atom stereocenters. The summed E-state index contributed by atoms with van der Waals surface area (Å²) in [4.78, 5) is 18.4. The fourth-order valence-electron chi connectivity index (χ4n) is 3.13. The van der Waals surface area contributed by atoms with Crippen LogP contribution in [0.5, 0.6) is 0 Å². The van der Waals surface area contributed by atoms with Crippen molar-refractivity contribution in [3.8, 4) is 11.3 Å². The van der Waals surface area contributed by atoms with E-state index in [1.807, 2.05) is 36.5 Å². The molecule has 0 unspecified atom stereocenters. The Kier molecular flexibility index (Phi) is 5.25. The van der Waals surface area contributed by atoms with E-state index >= 15 is 0 Å². The van der Waals surface area contributed by atoms with Crippen molar-refractivity contribution in [2.45, 2.75) is 6.54 Å². The molecule has 0 radical (unpaired) electrons. The van der Waals surface area contributed by atoms with Crippen LogP contribution in [-0.2, 0) is 6.54 Å². The maximum Gasteiger partial charge on any atom is 0.227 e. The molecule has 3 heterocycles. The number of rotatable bonds is 5. The van der Waals surface area contributed by atoms with E-state index in [0.717, 1.165) is 54.8 Å². The molecule has 138 valence electrons. The third kappa shape index (κ3) is 4.41. The van der Waals surface area contributed by atoms with Crippen molar-refractivity contribution in [2.24, 2.45) is 0 Å². The molecule has 27 heavy (non-hydrogen) atoms. The summed E-state index contributed by atoms with van der Waals surface area (Å²) in [5.74, 6) is 1.62. The molecule has 3 aromatic rings. The fourth-order valence-corrected chi connectivity index (χ4v) is 3.13. The van der Waals surface area contributed by atoms with E-state index in [1.165, 1.54) is 0 Å². The van der Waals surface area contributed by atoms with Crippen molar-refractivity contribution in [1.29, 1.82) is 0 Å². The Balaban J connectivity index is 1.62. The van der Waals surface area contributed by atoms with Crippen molar-refractivity contribution in [3.63, 3.8) is 0 Å². The molecular weight excluding hydrogens is 336 g/mol. The normalized spacial score (nSPS) is 14.9. The number of piperazine rings is 1. The molecule has 6 heteroatoms. The number of pyridine rings is 1. The van der Waals surface area contributed by atoms with Crippen molar-refractivity contribution in [1.82, 2.24) is 19.9 Å². The highest BCUT2D eigenvalue weighted by atomic mass is 15.3. The number of nitrogens with zero attached hydrogens (tertiary/aromatic N) is 5. The van der Waals surface area contributed by atoms with Crippen molar-refractivity contribution in [2.75, 3.05) is 43.4 Å². The largest absolute Gasteiger partial charge is 0.366 e. The maximum atomic E-state index is 4.85. The molecule has 1 saturated heterocycles. The summed E-state index contributed by atoms with van der Waals surface area (Å²) < 4.78 is 0. The Bertz CT molecular complexity index is 860. The Morgan fingerprint density at radius 1 is 0.963 bits per heavy atom. The first kappa shape index (κ1) is 17.4. The zero-order chi connectivity index (χ0) is 18.5. The van der Waals surface area contributed by atoms with Crippen molar-refractivity contribution >= 4 is 11.8 Å². The summed E-state index contributed by atoms with van der Waals surface area (Å²) in [5.41, 5.74) is 3.16. The molecular formula is C21H24N6. The second kappa shape index (κ2) is 8.14. The minimum Gasteiger partial charge on any atom is -0.366 e. The van der Waals surface area contributed by atoms with Gasteiger partial charge in [-0.2, -0.15) is 4.98 Å². The Labute approximate surface area is 159 Å². The van der Waals surface area contributed by atoms with Gasteiger partial charge in [0, 0.05) is 56.7 Å². The molecule has 6 nitrogen and oxygen atoms in total. The number of nitrogens with one attached hydrogen (secondary N) is 1. The highest BCUT2D eigenvalue weighted by Crippen LogP contribution is 2.23. The van der Waals surface area contributed by atoms with Crippen LogP contribution in [0.3, 0.4) is 0 Å². The van der Waals surface area contributed by atoms with E-state index in [-0.39, 0.29) is 0 Å². The molecule has 1 aliphatic rings. The lowest BCUT2D eigenvalue weighted by molar-refractivity contribution is 0.311. The van der Waals surface area contributed by atoms with E-state index in [1.54, 1.807) is 6.20 Å². The molecule has 0 amide bonds. The fraction of sp³-hybridized carbons (Fsp3) is 0.286. The first-order valence-corrected chi connectivity index (χ1v) is 9.29. The lowest BCUT2D eigenvalue weighted by Gasteiger charge is -2.32. The molecule has 0 aliphatic carbocycles. The van der Waals surface area contributed by atoms with Gasteiger partial charge in [-0.15, -0.1) is 0 Å². The van der Waals surface area contributed by atoms with Gasteiger partial charge in [0.05, 0.1) is 5.69 Å². The Hall–Kier alpha value is -2.99. The van der Waals surface area contributed by atoms with Crippen LogP contribution in [0.2, 0.25) is 0 Å². The summed E-state index contributed by atoms with van der Waals surface area (Å²) >= 11 is 0. The van der Waals surface area contributed by atoms with E-state index in [9.17, 15) is 0 Å². The number of hydrogen-bond donors (Lipinski definition) is 1. The van der Waals surface area contributed by atoms with Gasteiger partial charge in [-0.25, -0.2) is 4.98 Å². The van der Waals surface area contributed by atoms with E-state index < -0.39 is 0 Å². The predicted octanol–water partition coefficient (Wildman–Crippen LogP) is 2.90. The SMILES string of the molecule is CN1CCN(c2nc(NCc3cccnc3)cc(-c3ccccc3)n2)CC1. The van der Waals surface area contributed by atoms with E-state index in [4.69, 9.17) is 9.97 Å². The second-order valence-electron chi connectivity index (χ2n) is 6.81. The van der Waals surface area contributed by atoms with Gasteiger partial charge >= 0.3 is 0 Å². The van der Waals surface area contributed by atoms with Gasteiger partial charge < -0.3 is 15.1 Å². The van der Waals surface area contributed by atoms with E-state index in [0.29, 0.717) is 6.54 Å². The number of anilines is 2. The molecule has 0 spiro atoms. The monoisotopic (exact) mass is 360 g/mol. The van der Waals surface area contributed by atoms with Crippen LogP contribution in [0.25, 0.3) is 11.3 Å². The summed E-state index contributed by atoms with van der Waals surface area (Å²) in [7, 11) is 2.15. The van der Waals surface area contributed by atoms with Gasteiger partial charge in [-0.3, -0.25) is 4.98 Å². The van der Waals surface area contributed by atoms with Gasteiger partial charge in [0.25, 0.3) is 0 Å². The molecule has 0 saturated carbocycles. The third-order valence-corrected chi connectivity index (χ3v) is 4.77. The van der Waals surface area contributed by atoms with Crippen LogP contribution >= 0.6 is 0 Å². The number of hydrogen-bond acceptors (Lipinski definition) is 6. The van der Waals surface area contributed by atoms with Crippen molar-refractivity contribution in [3.05, 3.63) is 66.5 Å². The Morgan fingerprint density at radius 2 is 1.78 bits per heavy atom. The molecule has 4 rings (SSSR count). The van der Waals surface area contributed by atoms with Gasteiger partial charge in [0.15, 0.2) is 0 Å². The topological polar surface area (TPSA) is 57.2 Å². The molecule has 1 fully saturated rings. The maximum absolute atomic E-state index is 4.85. The standard InChI is InChI=1S/C21H24N6/c1-26-10-12-27(13-11-26)21-24-19(18-7-3-2-4-8-18)14-20(25-21)23-16-17-6-5-9-22-15-17/h2-9,14-15H,10-13,16H2,1H3,(H,23,24,25). The van der Waals surface area contributed by atoms with Gasteiger partial charge in [0.1, 0.15) is 5.82 Å². The minimum absolute atomic E-state index is 0.682. The molecule has 1 aliphatic heterocycles. The predicted molar refractivity (Wildman–Crippen MR) is 109 cm³/mol. The van der Waals surface area contributed by atoms with E-state index in [2.05, 4.69) is 45.3 Å². The summed E-state index contributed by atoms with van der Waals surface area (Å²) in [6, 6.07) is 16.3. The van der Waals surface area contributed by atoms with Crippen LogP contribution in [0.4, 0.5) is 11.8 Å². The van der Waals surface area contributed by atoms with Gasteiger partial charge in [0.2, 0.25) is 5.95 Å². The van der Waals surface area contributed by atoms with Crippen LogP contribution in [0.15, 0.2) is 60.9 Å². The smallest absolute Gasteiger partial charge is 0.227 e. The minimum atomic E-state index is 0.682. The third-order valence-electron chi connectivity index (χ3n) is 4.77.